The maximum absolute atomic E-state index is 10.0. The third-order valence-electron chi connectivity index (χ3n) is 4.91. The van der Waals surface area contributed by atoms with Crippen LogP contribution in [0.25, 0.3) is 0 Å². The van der Waals surface area contributed by atoms with Crippen LogP contribution in [0.2, 0.25) is 5.02 Å². The number of aromatic hydroxyl groups is 1. The van der Waals surface area contributed by atoms with Crippen LogP contribution in [0.3, 0.4) is 0 Å². The average Bonchev–Trinajstić information content (AvgIpc) is 2.78. The molecule has 1 heterocycles. The van der Waals surface area contributed by atoms with Gasteiger partial charge in [0, 0.05) is 44.3 Å². The smallest absolute Gasteiger partial charge is 0.414 e. The van der Waals surface area contributed by atoms with E-state index in [1.807, 2.05) is 24.3 Å². The van der Waals surface area contributed by atoms with E-state index in [4.69, 9.17) is 40.9 Å². The Labute approximate surface area is 191 Å². The summed E-state index contributed by atoms with van der Waals surface area (Å²) in [5.41, 5.74) is 2.36. The highest BCUT2D eigenvalue weighted by atomic mass is 35.5. The molecule has 0 saturated carbocycles. The highest BCUT2D eigenvalue weighted by Crippen LogP contribution is 2.37. The predicted octanol–water partition coefficient (Wildman–Crippen LogP) is 2.54. The first-order chi connectivity index (χ1) is 15.2. The average molecular weight is 467 g/mol. The topological polar surface area (TPSA) is 120 Å². The molecule has 174 valence electrons. The molecular weight excluding hydrogens is 440 g/mol. The highest BCUT2D eigenvalue weighted by molar-refractivity contribution is 6.30. The fourth-order valence-corrected chi connectivity index (χ4v) is 3.38. The number of phenolic OH excluding ortho intramolecular Hbond substituents is 1. The molecule has 1 aliphatic heterocycles. The van der Waals surface area contributed by atoms with Gasteiger partial charge >= 0.3 is 11.9 Å². The van der Waals surface area contributed by atoms with Crippen molar-refractivity contribution < 1.29 is 34.4 Å². The molecule has 0 atom stereocenters. The Bertz CT molecular complexity index is 876. The second kappa shape index (κ2) is 12.1. The first kappa shape index (κ1) is 25.3. The van der Waals surface area contributed by atoms with Gasteiger partial charge in [-0.2, -0.15) is 0 Å². The minimum absolute atomic E-state index is 0.0477. The minimum Gasteiger partial charge on any atom is -0.502 e. The first-order valence-corrected chi connectivity index (χ1v) is 10.2. The zero-order valence-corrected chi connectivity index (χ0v) is 18.7. The normalized spacial score (nSPS) is 14.2. The van der Waals surface area contributed by atoms with E-state index >= 15 is 0 Å². The monoisotopic (exact) mass is 466 g/mol. The van der Waals surface area contributed by atoms with Gasteiger partial charge in [0.25, 0.3) is 0 Å². The van der Waals surface area contributed by atoms with Crippen LogP contribution >= 0.6 is 11.6 Å². The predicted molar refractivity (Wildman–Crippen MR) is 118 cm³/mol. The van der Waals surface area contributed by atoms with E-state index in [1.165, 1.54) is 5.56 Å². The molecule has 9 nitrogen and oxygen atoms in total. The lowest BCUT2D eigenvalue weighted by Crippen LogP contribution is -2.45. The summed E-state index contributed by atoms with van der Waals surface area (Å²) in [5, 5.41) is 25.6. The Hall–Kier alpha value is -3.01. The summed E-state index contributed by atoms with van der Waals surface area (Å²) in [5.74, 6) is -2.71. The first-order valence-electron chi connectivity index (χ1n) is 9.82. The van der Waals surface area contributed by atoms with E-state index in [9.17, 15) is 5.11 Å². The fourth-order valence-electron chi connectivity index (χ4n) is 3.25. The van der Waals surface area contributed by atoms with Gasteiger partial charge in [-0.05, 0) is 35.4 Å². The number of phenols is 1. The van der Waals surface area contributed by atoms with Crippen molar-refractivity contribution in [3.8, 4) is 17.2 Å². The van der Waals surface area contributed by atoms with Crippen molar-refractivity contribution in [1.82, 2.24) is 9.80 Å². The van der Waals surface area contributed by atoms with Crippen molar-refractivity contribution in [3.05, 3.63) is 52.5 Å². The number of methoxy groups -OCH3 is 2. The van der Waals surface area contributed by atoms with Crippen molar-refractivity contribution in [3.63, 3.8) is 0 Å². The zero-order chi connectivity index (χ0) is 23.7. The molecule has 10 heteroatoms. The number of hydrogen-bond donors (Lipinski definition) is 3. The van der Waals surface area contributed by atoms with Crippen LogP contribution in [0.5, 0.6) is 17.2 Å². The zero-order valence-electron chi connectivity index (χ0n) is 18.0. The molecule has 2 aromatic rings. The van der Waals surface area contributed by atoms with Crippen LogP contribution in [-0.2, 0) is 22.7 Å². The van der Waals surface area contributed by atoms with Gasteiger partial charge in [-0.1, -0.05) is 23.7 Å². The number of carbonyl (C=O) groups is 2. The van der Waals surface area contributed by atoms with Crippen LogP contribution in [0.4, 0.5) is 0 Å². The summed E-state index contributed by atoms with van der Waals surface area (Å²) in [6.07, 6.45) is 0. The second-order valence-corrected chi connectivity index (χ2v) is 7.57. The molecule has 1 saturated heterocycles. The number of carboxylic acid groups (broad SMARTS) is 2. The lowest BCUT2D eigenvalue weighted by Gasteiger charge is -2.34. The number of ether oxygens (including phenoxy) is 2. The number of carboxylic acids is 2. The maximum Gasteiger partial charge on any atom is 0.414 e. The molecule has 32 heavy (non-hydrogen) atoms. The van der Waals surface area contributed by atoms with Crippen molar-refractivity contribution >= 4 is 23.5 Å². The van der Waals surface area contributed by atoms with Crippen molar-refractivity contribution in [2.75, 3.05) is 40.4 Å². The molecule has 2 aromatic carbocycles. The number of halogens is 1. The molecule has 1 aliphatic rings. The summed E-state index contributed by atoms with van der Waals surface area (Å²) in [6, 6.07) is 11.8. The molecule has 3 N–H and O–H groups in total. The standard InChI is InChI=1S/C20H25ClN2O3.C2H2O4/c1-25-18-11-16(12-19(26-2)20(18)24)14-23-9-7-22(8-10-23)13-15-3-5-17(21)6-4-15;3-1(4)2(5)6/h3-6,11-12,24H,7-10,13-14H2,1-2H3;(H,3,4)(H,5,6). The van der Waals surface area contributed by atoms with Crippen molar-refractivity contribution in [2.24, 2.45) is 0 Å². The van der Waals surface area contributed by atoms with Crippen molar-refractivity contribution in [1.29, 1.82) is 0 Å². The van der Waals surface area contributed by atoms with Crippen molar-refractivity contribution in [2.45, 2.75) is 13.1 Å². The molecule has 1 fully saturated rings. The number of aliphatic carboxylic acids is 2. The van der Waals surface area contributed by atoms with Crippen LogP contribution in [0.15, 0.2) is 36.4 Å². The molecule has 0 radical (unpaired) electrons. The molecule has 0 bridgehead atoms. The Morgan fingerprint density at radius 3 is 1.62 bits per heavy atom. The van der Waals surface area contributed by atoms with Gasteiger partial charge in [-0.15, -0.1) is 0 Å². The summed E-state index contributed by atoms with van der Waals surface area (Å²) >= 11 is 5.95. The van der Waals surface area contributed by atoms with E-state index in [2.05, 4.69) is 21.9 Å². The molecule has 0 aromatic heterocycles. The van der Waals surface area contributed by atoms with Crippen LogP contribution in [0.1, 0.15) is 11.1 Å². The number of hydrogen-bond acceptors (Lipinski definition) is 7. The van der Waals surface area contributed by atoms with E-state index < -0.39 is 11.9 Å². The molecule has 3 rings (SSSR count). The summed E-state index contributed by atoms with van der Waals surface area (Å²) in [7, 11) is 3.10. The Kier molecular flexibility index (Phi) is 9.58. The number of nitrogens with zero attached hydrogens (tertiary/aromatic N) is 2. The van der Waals surface area contributed by atoms with Gasteiger partial charge in [-0.3, -0.25) is 9.80 Å². The molecule has 0 amide bonds. The van der Waals surface area contributed by atoms with Gasteiger partial charge in [0.05, 0.1) is 14.2 Å². The summed E-state index contributed by atoms with van der Waals surface area (Å²) < 4.78 is 10.5. The Morgan fingerprint density at radius 2 is 1.25 bits per heavy atom. The number of benzene rings is 2. The highest BCUT2D eigenvalue weighted by Gasteiger charge is 2.19. The van der Waals surface area contributed by atoms with E-state index in [0.717, 1.165) is 49.9 Å². The number of piperazine rings is 1. The van der Waals surface area contributed by atoms with Crippen LogP contribution in [0, 0.1) is 0 Å². The summed E-state index contributed by atoms with van der Waals surface area (Å²) in [4.78, 5) is 23.1. The van der Waals surface area contributed by atoms with Gasteiger partial charge in [0.1, 0.15) is 0 Å². The second-order valence-electron chi connectivity index (χ2n) is 7.14. The minimum atomic E-state index is -1.82. The van der Waals surface area contributed by atoms with Gasteiger partial charge < -0.3 is 24.8 Å². The van der Waals surface area contributed by atoms with Gasteiger partial charge in [-0.25, -0.2) is 9.59 Å². The molecule has 0 aliphatic carbocycles. The van der Waals surface area contributed by atoms with Crippen LogP contribution < -0.4 is 9.47 Å². The molecule has 0 unspecified atom stereocenters. The van der Waals surface area contributed by atoms with E-state index in [1.54, 1.807) is 14.2 Å². The Morgan fingerprint density at radius 1 is 0.844 bits per heavy atom. The quantitative estimate of drug-likeness (QED) is 0.551. The maximum atomic E-state index is 10.0. The van der Waals surface area contributed by atoms with Gasteiger partial charge in [0.2, 0.25) is 5.75 Å². The fraction of sp³-hybridized carbons (Fsp3) is 0.364. The van der Waals surface area contributed by atoms with E-state index in [-0.39, 0.29) is 5.75 Å². The Balaban J connectivity index is 0.000000534. The largest absolute Gasteiger partial charge is 0.502 e. The SMILES string of the molecule is COc1cc(CN2CCN(Cc3ccc(Cl)cc3)CC2)cc(OC)c1O.O=C(O)C(=O)O. The van der Waals surface area contributed by atoms with Crippen LogP contribution in [-0.4, -0.2) is 77.5 Å². The lowest BCUT2D eigenvalue weighted by molar-refractivity contribution is -0.159. The molecular formula is C22H27ClN2O7. The van der Waals surface area contributed by atoms with Gasteiger partial charge in [0.15, 0.2) is 11.5 Å². The third-order valence-corrected chi connectivity index (χ3v) is 5.17. The number of rotatable bonds is 6. The lowest BCUT2D eigenvalue weighted by atomic mass is 10.1. The van der Waals surface area contributed by atoms with E-state index in [0.29, 0.717) is 11.5 Å². The molecule has 0 spiro atoms. The third kappa shape index (κ3) is 7.60. The summed E-state index contributed by atoms with van der Waals surface area (Å²) in [6.45, 7) is 5.80.